The summed E-state index contributed by atoms with van der Waals surface area (Å²) in [6.45, 7) is 0. The van der Waals surface area contributed by atoms with Crippen molar-refractivity contribution in [1.29, 1.82) is 0 Å². The maximum Gasteiger partial charge on any atom is 0.0454 e. The van der Waals surface area contributed by atoms with Gasteiger partial charge in [-0.05, 0) is 42.5 Å². The Labute approximate surface area is 104 Å². The fourth-order valence-corrected chi connectivity index (χ4v) is 2.96. The highest BCUT2D eigenvalue weighted by molar-refractivity contribution is 9.10. The molecule has 3 heteroatoms. The van der Waals surface area contributed by atoms with Crippen LogP contribution in [0.1, 0.15) is 37.3 Å². The summed E-state index contributed by atoms with van der Waals surface area (Å²) in [4.78, 5) is 0. The van der Waals surface area contributed by atoms with Crippen LogP contribution in [0.2, 0.25) is 5.02 Å². The van der Waals surface area contributed by atoms with Crippen LogP contribution in [0, 0.1) is 5.92 Å². The molecular formula is C12H15BrClN. The van der Waals surface area contributed by atoms with E-state index in [4.69, 9.17) is 17.3 Å². The van der Waals surface area contributed by atoms with E-state index in [1.807, 2.05) is 18.2 Å². The van der Waals surface area contributed by atoms with Gasteiger partial charge in [-0.2, -0.15) is 0 Å². The maximum atomic E-state index is 6.26. The normalized spacial score (nSPS) is 19.4. The van der Waals surface area contributed by atoms with Crippen molar-refractivity contribution in [2.45, 2.75) is 31.7 Å². The SMILES string of the molecule is N[C@@H](c1cc(Br)ccc1Cl)C1CCCC1. The van der Waals surface area contributed by atoms with Gasteiger partial charge in [-0.1, -0.05) is 40.4 Å². The van der Waals surface area contributed by atoms with E-state index >= 15 is 0 Å². The van der Waals surface area contributed by atoms with Crippen molar-refractivity contribution < 1.29 is 0 Å². The molecule has 0 spiro atoms. The molecule has 1 aromatic carbocycles. The molecule has 0 saturated heterocycles. The van der Waals surface area contributed by atoms with E-state index in [-0.39, 0.29) is 6.04 Å². The first-order valence-corrected chi connectivity index (χ1v) is 6.56. The summed E-state index contributed by atoms with van der Waals surface area (Å²) in [5.41, 5.74) is 7.35. The minimum Gasteiger partial charge on any atom is -0.324 e. The van der Waals surface area contributed by atoms with Gasteiger partial charge >= 0.3 is 0 Å². The van der Waals surface area contributed by atoms with Gasteiger partial charge in [-0.25, -0.2) is 0 Å². The lowest BCUT2D eigenvalue weighted by molar-refractivity contribution is 0.445. The van der Waals surface area contributed by atoms with Gasteiger partial charge in [0.2, 0.25) is 0 Å². The van der Waals surface area contributed by atoms with Crippen molar-refractivity contribution in [1.82, 2.24) is 0 Å². The van der Waals surface area contributed by atoms with Gasteiger partial charge in [0.05, 0.1) is 0 Å². The Hall–Kier alpha value is -0.0500. The van der Waals surface area contributed by atoms with Crippen LogP contribution in [-0.2, 0) is 0 Å². The Morgan fingerprint density at radius 1 is 1.33 bits per heavy atom. The molecule has 0 unspecified atom stereocenters. The highest BCUT2D eigenvalue weighted by atomic mass is 79.9. The van der Waals surface area contributed by atoms with E-state index in [0.29, 0.717) is 5.92 Å². The van der Waals surface area contributed by atoms with Crippen molar-refractivity contribution in [3.63, 3.8) is 0 Å². The van der Waals surface area contributed by atoms with Gasteiger partial charge < -0.3 is 5.73 Å². The first kappa shape index (κ1) is 11.4. The number of nitrogens with two attached hydrogens (primary N) is 1. The van der Waals surface area contributed by atoms with E-state index in [1.54, 1.807) is 0 Å². The summed E-state index contributed by atoms with van der Waals surface area (Å²) in [5.74, 6) is 0.608. The van der Waals surface area contributed by atoms with Crippen LogP contribution in [0.15, 0.2) is 22.7 Å². The van der Waals surface area contributed by atoms with Crippen LogP contribution in [-0.4, -0.2) is 0 Å². The number of hydrogen-bond donors (Lipinski definition) is 1. The van der Waals surface area contributed by atoms with Crippen LogP contribution >= 0.6 is 27.5 Å². The van der Waals surface area contributed by atoms with Crippen LogP contribution in [0.5, 0.6) is 0 Å². The van der Waals surface area contributed by atoms with Crippen molar-refractivity contribution in [2.75, 3.05) is 0 Å². The zero-order chi connectivity index (χ0) is 10.8. The molecule has 2 N–H and O–H groups in total. The second-order valence-corrected chi connectivity index (χ2v) is 5.56. The fourth-order valence-electron chi connectivity index (χ4n) is 2.34. The molecule has 0 radical (unpaired) electrons. The molecule has 82 valence electrons. The van der Waals surface area contributed by atoms with Crippen LogP contribution < -0.4 is 5.73 Å². The van der Waals surface area contributed by atoms with Crippen LogP contribution in [0.4, 0.5) is 0 Å². The van der Waals surface area contributed by atoms with Gasteiger partial charge in [-0.3, -0.25) is 0 Å². The highest BCUT2D eigenvalue weighted by Crippen LogP contribution is 2.37. The van der Waals surface area contributed by atoms with Crippen molar-refractivity contribution in [2.24, 2.45) is 11.7 Å². The molecule has 1 aliphatic rings. The molecule has 0 aliphatic heterocycles. The molecule has 1 atom stereocenters. The predicted octanol–water partition coefficient (Wildman–Crippen LogP) is 4.29. The number of halogens is 2. The summed E-state index contributed by atoms with van der Waals surface area (Å²) in [7, 11) is 0. The summed E-state index contributed by atoms with van der Waals surface area (Å²) in [6, 6.07) is 6.01. The monoisotopic (exact) mass is 287 g/mol. The average molecular weight is 289 g/mol. The highest BCUT2D eigenvalue weighted by Gasteiger charge is 2.24. The number of rotatable bonds is 2. The number of benzene rings is 1. The lowest BCUT2D eigenvalue weighted by Gasteiger charge is -2.20. The summed E-state index contributed by atoms with van der Waals surface area (Å²) < 4.78 is 1.05. The van der Waals surface area contributed by atoms with Gasteiger partial charge in [0.1, 0.15) is 0 Å². The molecule has 2 rings (SSSR count). The Morgan fingerprint density at radius 2 is 2.00 bits per heavy atom. The third kappa shape index (κ3) is 2.55. The average Bonchev–Trinajstić information content (AvgIpc) is 2.74. The van der Waals surface area contributed by atoms with Crippen LogP contribution in [0.3, 0.4) is 0 Å². The Balaban J connectivity index is 2.23. The van der Waals surface area contributed by atoms with Crippen molar-refractivity contribution in [3.05, 3.63) is 33.3 Å². The molecule has 0 aromatic heterocycles. The Kier molecular flexibility index (Phi) is 3.70. The smallest absolute Gasteiger partial charge is 0.0454 e. The van der Waals surface area contributed by atoms with Crippen molar-refractivity contribution in [3.8, 4) is 0 Å². The van der Waals surface area contributed by atoms with Gasteiger partial charge in [0.25, 0.3) is 0 Å². The second-order valence-electron chi connectivity index (χ2n) is 4.24. The van der Waals surface area contributed by atoms with E-state index in [2.05, 4.69) is 15.9 Å². The Morgan fingerprint density at radius 3 is 2.67 bits per heavy atom. The lowest BCUT2D eigenvalue weighted by atomic mass is 9.92. The molecule has 0 heterocycles. The molecular weight excluding hydrogens is 273 g/mol. The molecule has 1 aromatic rings. The quantitative estimate of drug-likeness (QED) is 0.863. The zero-order valence-corrected chi connectivity index (χ0v) is 10.9. The molecule has 0 bridgehead atoms. The first-order valence-electron chi connectivity index (χ1n) is 5.39. The molecule has 15 heavy (non-hydrogen) atoms. The largest absolute Gasteiger partial charge is 0.324 e. The van der Waals surface area contributed by atoms with Crippen LogP contribution in [0.25, 0.3) is 0 Å². The third-order valence-electron chi connectivity index (χ3n) is 3.22. The Bertz CT molecular complexity index is 347. The number of hydrogen-bond acceptors (Lipinski definition) is 1. The zero-order valence-electron chi connectivity index (χ0n) is 8.55. The maximum absolute atomic E-state index is 6.26. The molecule has 0 amide bonds. The molecule has 1 aliphatic carbocycles. The summed E-state index contributed by atoms with van der Waals surface area (Å²) in [5, 5.41) is 0.789. The minimum atomic E-state index is 0.0949. The van der Waals surface area contributed by atoms with E-state index in [0.717, 1.165) is 15.1 Å². The van der Waals surface area contributed by atoms with E-state index in [1.165, 1.54) is 25.7 Å². The van der Waals surface area contributed by atoms with Gasteiger partial charge in [0.15, 0.2) is 0 Å². The first-order chi connectivity index (χ1) is 7.18. The molecule has 1 nitrogen and oxygen atoms in total. The molecule has 1 fully saturated rings. The predicted molar refractivity (Wildman–Crippen MR) is 68.0 cm³/mol. The summed E-state index contributed by atoms with van der Waals surface area (Å²) >= 11 is 9.63. The molecule has 1 saturated carbocycles. The fraction of sp³-hybridized carbons (Fsp3) is 0.500. The third-order valence-corrected chi connectivity index (χ3v) is 4.06. The van der Waals surface area contributed by atoms with Crippen molar-refractivity contribution >= 4 is 27.5 Å². The van der Waals surface area contributed by atoms with Gasteiger partial charge in [0, 0.05) is 15.5 Å². The second kappa shape index (κ2) is 4.86. The van der Waals surface area contributed by atoms with E-state index < -0.39 is 0 Å². The topological polar surface area (TPSA) is 26.0 Å². The van der Waals surface area contributed by atoms with E-state index in [9.17, 15) is 0 Å². The minimum absolute atomic E-state index is 0.0949. The summed E-state index contributed by atoms with van der Waals surface area (Å²) in [6.07, 6.45) is 5.10. The standard InChI is InChI=1S/C12H15BrClN/c13-9-5-6-11(14)10(7-9)12(15)8-3-1-2-4-8/h5-8,12H,1-4,15H2/t12-/m1/s1. The van der Waals surface area contributed by atoms with Gasteiger partial charge in [-0.15, -0.1) is 0 Å². The lowest BCUT2D eigenvalue weighted by Crippen LogP contribution is -2.19.